The van der Waals surface area contributed by atoms with Gasteiger partial charge in [-0.15, -0.1) is 0 Å². The van der Waals surface area contributed by atoms with Crippen LogP contribution in [0.2, 0.25) is 5.02 Å². The Morgan fingerprint density at radius 1 is 1.22 bits per heavy atom. The van der Waals surface area contributed by atoms with Gasteiger partial charge in [-0.05, 0) is 50.3 Å². The molecule has 0 bridgehead atoms. The zero-order valence-electron chi connectivity index (χ0n) is 21.2. The Hall–Kier alpha value is -2.89. The first-order valence-corrected chi connectivity index (χ1v) is 14.7. The Balaban J connectivity index is 1.48. The fourth-order valence-electron chi connectivity index (χ4n) is 5.29. The molecule has 2 aliphatic rings. The summed E-state index contributed by atoms with van der Waals surface area (Å²) >= 11 is 6.20. The van der Waals surface area contributed by atoms with Crippen molar-refractivity contribution in [2.45, 2.75) is 45.2 Å². The van der Waals surface area contributed by atoms with Crippen LogP contribution >= 0.6 is 11.6 Å². The highest BCUT2D eigenvalue weighted by Gasteiger charge is 2.33. The third kappa shape index (κ3) is 5.25. The topological polar surface area (TPSA) is 126 Å². The maximum absolute atomic E-state index is 13.8. The highest BCUT2D eigenvalue weighted by atomic mass is 35.5. The first-order chi connectivity index (χ1) is 17.5. The number of aryl methyl sites for hydroxylation is 1. The predicted molar refractivity (Wildman–Crippen MR) is 145 cm³/mol. The molecule has 3 atom stereocenters. The van der Waals surface area contributed by atoms with E-state index in [0.29, 0.717) is 23.1 Å². The maximum Gasteiger partial charge on any atom is 0.256 e. The molecule has 3 N–H and O–H groups in total. The lowest BCUT2D eigenvalue weighted by Crippen LogP contribution is -2.39. The normalized spacial score (nSPS) is 22.6. The van der Waals surface area contributed by atoms with E-state index < -0.39 is 10.0 Å². The van der Waals surface area contributed by atoms with Gasteiger partial charge >= 0.3 is 0 Å². The summed E-state index contributed by atoms with van der Waals surface area (Å²) in [5.41, 5.74) is 9.14. The Labute approximate surface area is 221 Å². The smallest absolute Gasteiger partial charge is 0.256 e. The standard InChI is InChI=1S/C25H32ClN7O3S/c1-15-12-31(14-19(15)27)24-16(2)13-33-23(28-24)11-21(29-33)22-6-4-5-9-32(22)25(34)18-10-17(26)7-8-20(18)30-37(3,35)36/h7-8,10-11,13,15,19,22,30H,4-6,9,12,14,27H2,1-3H3/t15?,19?,22-/m0/s1. The lowest BCUT2D eigenvalue weighted by atomic mass is 9.98. The van der Waals surface area contributed by atoms with Crippen molar-refractivity contribution in [3.63, 3.8) is 0 Å². The van der Waals surface area contributed by atoms with Crippen molar-refractivity contribution in [3.8, 4) is 0 Å². The number of halogens is 1. The molecular weight excluding hydrogens is 514 g/mol. The summed E-state index contributed by atoms with van der Waals surface area (Å²) in [6.45, 7) is 6.33. The lowest BCUT2D eigenvalue weighted by Gasteiger charge is -2.35. The van der Waals surface area contributed by atoms with Crippen LogP contribution < -0.4 is 15.4 Å². The molecule has 2 aliphatic heterocycles. The number of likely N-dealkylation sites (tertiary alicyclic amines) is 1. The van der Waals surface area contributed by atoms with Crippen LogP contribution in [-0.2, 0) is 10.0 Å². The van der Waals surface area contributed by atoms with Gasteiger partial charge in [-0.25, -0.2) is 17.9 Å². The van der Waals surface area contributed by atoms with Crippen LogP contribution in [0.5, 0.6) is 0 Å². The molecule has 0 radical (unpaired) electrons. The molecule has 198 valence electrons. The van der Waals surface area contributed by atoms with Gasteiger partial charge in [0.1, 0.15) is 5.82 Å². The third-order valence-corrected chi connectivity index (χ3v) is 8.03. The molecule has 2 fully saturated rings. The summed E-state index contributed by atoms with van der Waals surface area (Å²) in [7, 11) is -3.58. The molecule has 1 amide bonds. The number of nitrogens with two attached hydrogens (primary N) is 1. The van der Waals surface area contributed by atoms with E-state index in [1.54, 1.807) is 15.5 Å². The minimum atomic E-state index is -3.58. The van der Waals surface area contributed by atoms with E-state index in [1.165, 1.54) is 12.1 Å². The molecule has 3 aromatic rings. The molecule has 2 aromatic heterocycles. The van der Waals surface area contributed by atoms with E-state index in [9.17, 15) is 13.2 Å². The van der Waals surface area contributed by atoms with Crippen molar-refractivity contribution < 1.29 is 13.2 Å². The number of piperidine rings is 1. The van der Waals surface area contributed by atoms with Crippen LogP contribution in [0.3, 0.4) is 0 Å². The fourth-order valence-corrected chi connectivity index (χ4v) is 6.04. The number of amides is 1. The molecule has 5 rings (SSSR count). The van der Waals surface area contributed by atoms with Gasteiger partial charge in [0.05, 0.1) is 29.2 Å². The summed E-state index contributed by atoms with van der Waals surface area (Å²) in [6.07, 6.45) is 5.56. The number of nitrogens with zero attached hydrogens (tertiary/aromatic N) is 5. The van der Waals surface area contributed by atoms with Crippen molar-refractivity contribution >= 4 is 44.7 Å². The lowest BCUT2D eigenvalue weighted by molar-refractivity contribution is 0.0607. The van der Waals surface area contributed by atoms with Crippen LogP contribution in [0.4, 0.5) is 11.5 Å². The monoisotopic (exact) mass is 545 g/mol. The molecule has 2 unspecified atom stereocenters. The number of anilines is 2. The largest absolute Gasteiger partial charge is 0.354 e. The highest BCUT2D eigenvalue weighted by Crippen LogP contribution is 2.34. The highest BCUT2D eigenvalue weighted by molar-refractivity contribution is 7.92. The third-order valence-electron chi connectivity index (χ3n) is 7.21. The summed E-state index contributed by atoms with van der Waals surface area (Å²) in [4.78, 5) is 22.7. The van der Waals surface area contributed by atoms with Crippen molar-refractivity contribution in [2.24, 2.45) is 11.7 Å². The predicted octanol–water partition coefficient (Wildman–Crippen LogP) is 3.21. The second-order valence-electron chi connectivity index (χ2n) is 10.2. The number of aromatic nitrogens is 3. The molecular formula is C25H32ClN7O3S. The molecule has 0 aliphatic carbocycles. The number of rotatable bonds is 5. The zero-order chi connectivity index (χ0) is 26.5. The molecule has 37 heavy (non-hydrogen) atoms. The van der Waals surface area contributed by atoms with E-state index in [0.717, 1.165) is 55.7 Å². The minimum absolute atomic E-state index is 0.119. The Morgan fingerprint density at radius 2 is 2.00 bits per heavy atom. The van der Waals surface area contributed by atoms with Gasteiger partial charge in [0.2, 0.25) is 10.0 Å². The van der Waals surface area contributed by atoms with Gasteiger partial charge < -0.3 is 15.5 Å². The van der Waals surface area contributed by atoms with E-state index in [4.69, 9.17) is 27.4 Å². The van der Waals surface area contributed by atoms with Crippen molar-refractivity contribution in [1.82, 2.24) is 19.5 Å². The maximum atomic E-state index is 13.8. The summed E-state index contributed by atoms with van der Waals surface area (Å²) in [6, 6.07) is 6.37. The number of nitrogens with one attached hydrogen (secondary N) is 1. The van der Waals surface area contributed by atoms with E-state index in [-0.39, 0.29) is 29.2 Å². The van der Waals surface area contributed by atoms with Crippen molar-refractivity contribution in [1.29, 1.82) is 0 Å². The first-order valence-electron chi connectivity index (χ1n) is 12.5. The van der Waals surface area contributed by atoms with Crippen LogP contribution in [-0.4, -0.2) is 65.8 Å². The van der Waals surface area contributed by atoms with E-state index >= 15 is 0 Å². The van der Waals surface area contributed by atoms with Crippen LogP contribution in [0.15, 0.2) is 30.5 Å². The van der Waals surface area contributed by atoms with Crippen molar-refractivity contribution in [2.75, 3.05) is 35.5 Å². The Morgan fingerprint density at radius 3 is 2.70 bits per heavy atom. The first kappa shape index (κ1) is 25.7. The van der Waals surface area contributed by atoms with Gasteiger partial charge in [0.15, 0.2) is 5.65 Å². The minimum Gasteiger partial charge on any atom is -0.354 e. The number of hydrogen-bond donors (Lipinski definition) is 2. The number of benzene rings is 1. The average Bonchev–Trinajstić information content (AvgIpc) is 3.40. The molecule has 1 aromatic carbocycles. The van der Waals surface area contributed by atoms with E-state index in [1.807, 2.05) is 19.2 Å². The van der Waals surface area contributed by atoms with Gasteiger partial charge in [0.25, 0.3) is 5.91 Å². The molecule has 10 nitrogen and oxygen atoms in total. The molecule has 0 saturated carbocycles. The molecule has 2 saturated heterocycles. The average molecular weight is 546 g/mol. The summed E-state index contributed by atoms with van der Waals surface area (Å²) in [5, 5.41) is 5.15. The quantitative estimate of drug-likeness (QED) is 0.504. The number of fused-ring (bicyclic) bond motifs is 1. The Bertz CT molecular complexity index is 1450. The second-order valence-corrected chi connectivity index (χ2v) is 12.4. The summed E-state index contributed by atoms with van der Waals surface area (Å²) in [5.74, 6) is 1.01. The van der Waals surface area contributed by atoms with Gasteiger partial charge in [-0.1, -0.05) is 18.5 Å². The number of carbonyl (C=O) groups is 1. The van der Waals surface area contributed by atoms with Gasteiger partial charge in [-0.3, -0.25) is 9.52 Å². The number of carbonyl (C=O) groups excluding carboxylic acids is 1. The molecule has 0 spiro atoms. The fraction of sp³-hybridized carbons (Fsp3) is 0.480. The molecule has 12 heteroatoms. The van der Waals surface area contributed by atoms with Gasteiger partial charge in [-0.2, -0.15) is 5.10 Å². The SMILES string of the molecule is Cc1cn2nc([C@@H]3CCCCN3C(=O)c3cc(Cl)ccc3NS(C)(=O)=O)cc2nc1N1CC(C)C(N)C1. The van der Waals surface area contributed by atoms with Crippen LogP contribution in [0.25, 0.3) is 5.65 Å². The number of sulfonamides is 1. The second kappa shape index (κ2) is 9.77. The zero-order valence-corrected chi connectivity index (χ0v) is 22.8. The number of hydrogen-bond acceptors (Lipinski definition) is 7. The van der Waals surface area contributed by atoms with Crippen LogP contribution in [0.1, 0.15) is 53.8 Å². The summed E-state index contributed by atoms with van der Waals surface area (Å²) < 4.78 is 28.0. The molecule has 4 heterocycles. The van der Waals surface area contributed by atoms with E-state index in [2.05, 4.69) is 16.5 Å². The van der Waals surface area contributed by atoms with Crippen molar-refractivity contribution in [3.05, 3.63) is 52.3 Å². The van der Waals surface area contributed by atoms with Crippen LogP contribution in [0, 0.1) is 12.8 Å². The van der Waals surface area contributed by atoms with Gasteiger partial charge in [0, 0.05) is 48.5 Å². The Kier molecular flexibility index (Phi) is 6.80.